The molecule has 2 unspecified atom stereocenters. The summed E-state index contributed by atoms with van der Waals surface area (Å²) in [7, 11) is 0. The van der Waals surface area contributed by atoms with Gasteiger partial charge in [0, 0.05) is 32.7 Å². The van der Waals surface area contributed by atoms with Crippen LogP contribution in [-0.2, 0) is 16.2 Å². The maximum Gasteiger partial charge on any atom is 0.410 e. The predicted molar refractivity (Wildman–Crippen MR) is 125 cm³/mol. The Morgan fingerprint density at radius 1 is 1.09 bits per heavy atom. The van der Waals surface area contributed by atoms with Crippen LogP contribution >= 0.6 is 0 Å². The van der Waals surface area contributed by atoms with Gasteiger partial charge in [0.2, 0.25) is 5.89 Å². The summed E-state index contributed by atoms with van der Waals surface area (Å²) in [4.78, 5) is 36.7. The second kappa shape index (κ2) is 9.37. The van der Waals surface area contributed by atoms with Crippen molar-refractivity contribution in [3.8, 4) is 0 Å². The molecule has 188 valence electrons. The number of amides is 3. The van der Waals surface area contributed by atoms with Crippen LogP contribution in [0.15, 0.2) is 34.7 Å². The van der Waals surface area contributed by atoms with Crippen LogP contribution in [-0.4, -0.2) is 81.6 Å². The molecule has 0 aliphatic carbocycles. The third kappa shape index (κ3) is 5.04. The highest BCUT2D eigenvalue weighted by Crippen LogP contribution is 2.38. The van der Waals surface area contributed by atoms with E-state index in [2.05, 4.69) is 10.2 Å². The molecule has 5 rings (SSSR count). The molecule has 0 saturated carbocycles. The second-order valence-corrected chi connectivity index (χ2v) is 10.1. The molecule has 35 heavy (non-hydrogen) atoms. The lowest BCUT2D eigenvalue weighted by atomic mass is 10.0. The lowest BCUT2D eigenvalue weighted by Gasteiger charge is -2.34. The van der Waals surface area contributed by atoms with Gasteiger partial charge in [-0.2, -0.15) is 5.06 Å². The molecule has 1 aromatic heterocycles. The Kier molecular flexibility index (Phi) is 6.26. The first kappa shape index (κ1) is 23.4. The number of hydrogen-bond donors (Lipinski definition) is 0. The van der Waals surface area contributed by atoms with Crippen molar-refractivity contribution in [2.24, 2.45) is 0 Å². The standard InChI is InChI=1S/C24H32N6O5/c1-24(2,3)35-23(32)28-13-11-27(12-14-28)21-26-25-20(34-21)19-10-9-18-15-29(19)22(31)30(18)33-16-17-7-5-4-6-8-17/h4-8,18-19H,9-16H2,1-3H3. The molecule has 3 aliphatic rings. The van der Waals surface area contributed by atoms with E-state index < -0.39 is 5.60 Å². The summed E-state index contributed by atoms with van der Waals surface area (Å²) in [5, 5.41) is 10.0. The fourth-order valence-electron chi connectivity index (χ4n) is 4.67. The van der Waals surface area contributed by atoms with Crippen molar-refractivity contribution in [2.75, 3.05) is 37.6 Å². The molecule has 3 saturated heterocycles. The molecule has 2 bridgehead atoms. The monoisotopic (exact) mass is 484 g/mol. The van der Waals surface area contributed by atoms with Crippen LogP contribution in [0, 0.1) is 0 Å². The van der Waals surface area contributed by atoms with Crippen molar-refractivity contribution in [3.05, 3.63) is 41.8 Å². The minimum atomic E-state index is -0.524. The molecule has 11 heteroatoms. The molecule has 2 aromatic rings. The number of piperazine rings is 1. The van der Waals surface area contributed by atoms with Crippen LogP contribution in [0.2, 0.25) is 0 Å². The number of nitrogens with zero attached hydrogens (tertiary/aromatic N) is 6. The summed E-state index contributed by atoms with van der Waals surface area (Å²) in [5.41, 5.74) is 0.491. The van der Waals surface area contributed by atoms with Crippen molar-refractivity contribution in [1.29, 1.82) is 0 Å². The molecule has 3 aliphatic heterocycles. The fourth-order valence-corrected chi connectivity index (χ4v) is 4.67. The summed E-state index contributed by atoms with van der Waals surface area (Å²) in [6, 6.07) is 9.80. The molecule has 11 nitrogen and oxygen atoms in total. The first-order chi connectivity index (χ1) is 16.8. The Morgan fingerprint density at radius 3 is 2.54 bits per heavy atom. The average molecular weight is 485 g/mol. The van der Waals surface area contributed by atoms with Gasteiger partial charge in [0.15, 0.2) is 0 Å². The van der Waals surface area contributed by atoms with Gasteiger partial charge in [-0.05, 0) is 39.2 Å². The van der Waals surface area contributed by atoms with E-state index >= 15 is 0 Å². The third-order valence-electron chi connectivity index (χ3n) is 6.45. The van der Waals surface area contributed by atoms with Crippen molar-refractivity contribution in [2.45, 2.75) is 57.9 Å². The number of rotatable bonds is 5. The van der Waals surface area contributed by atoms with Crippen molar-refractivity contribution in [1.82, 2.24) is 25.1 Å². The Morgan fingerprint density at radius 2 is 1.83 bits per heavy atom. The number of hydrogen-bond acceptors (Lipinski definition) is 8. The average Bonchev–Trinajstić information content (AvgIpc) is 3.42. The molecule has 4 heterocycles. The minimum Gasteiger partial charge on any atom is -0.444 e. The van der Waals surface area contributed by atoms with Gasteiger partial charge in [-0.3, -0.25) is 4.84 Å². The molecular formula is C24H32N6O5. The van der Waals surface area contributed by atoms with Crippen LogP contribution in [0.1, 0.15) is 51.1 Å². The summed E-state index contributed by atoms with van der Waals surface area (Å²) < 4.78 is 11.5. The zero-order valence-electron chi connectivity index (χ0n) is 20.4. The van der Waals surface area contributed by atoms with Crippen LogP contribution < -0.4 is 4.90 Å². The summed E-state index contributed by atoms with van der Waals surface area (Å²) >= 11 is 0. The zero-order valence-corrected chi connectivity index (χ0v) is 20.4. The van der Waals surface area contributed by atoms with Crippen LogP contribution in [0.3, 0.4) is 0 Å². The number of urea groups is 1. The highest BCUT2D eigenvalue weighted by atomic mass is 16.7. The number of aromatic nitrogens is 2. The lowest BCUT2D eigenvalue weighted by Crippen LogP contribution is -2.50. The first-order valence-corrected chi connectivity index (χ1v) is 12.1. The number of fused-ring (bicyclic) bond motifs is 2. The minimum absolute atomic E-state index is 0.0192. The smallest absolute Gasteiger partial charge is 0.410 e. The van der Waals surface area contributed by atoms with Gasteiger partial charge in [0.1, 0.15) is 18.2 Å². The largest absolute Gasteiger partial charge is 0.444 e. The first-order valence-electron chi connectivity index (χ1n) is 12.1. The van der Waals surface area contributed by atoms with E-state index in [9.17, 15) is 9.59 Å². The molecule has 0 radical (unpaired) electrons. The molecular weight excluding hydrogens is 452 g/mol. The van der Waals surface area contributed by atoms with E-state index in [1.807, 2.05) is 56.0 Å². The Labute approximate surface area is 204 Å². The van der Waals surface area contributed by atoms with Gasteiger partial charge in [-0.15, -0.1) is 5.10 Å². The van der Waals surface area contributed by atoms with Gasteiger partial charge in [-0.25, -0.2) is 9.59 Å². The summed E-state index contributed by atoms with van der Waals surface area (Å²) in [6.45, 7) is 8.64. The summed E-state index contributed by atoms with van der Waals surface area (Å²) in [6.07, 6.45) is 1.22. The van der Waals surface area contributed by atoms with Crippen molar-refractivity contribution >= 4 is 18.1 Å². The quantitative estimate of drug-likeness (QED) is 0.637. The molecule has 0 N–H and O–H groups in total. The Hall–Kier alpha value is -3.34. The fraction of sp³-hybridized carbons (Fsp3) is 0.583. The highest BCUT2D eigenvalue weighted by Gasteiger charge is 2.48. The molecule has 0 spiro atoms. The van der Waals surface area contributed by atoms with Gasteiger partial charge < -0.3 is 23.9 Å². The van der Waals surface area contributed by atoms with Crippen molar-refractivity contribution in [3.63, 3.8) is 0 Å². The Bertz CT molecular complexity index is 1050. The van der Waals surface area contributed by atoms with Gasteiger partial charge in [0.25, 0.3) is 0 Å². The second-order valence-electron chi connectivity index (χ2n) is 10.1. The topological polar surface area (TPSA) is 104 Å². The number of piperidine rings is 1. The maximum atomic E-state index is 13.1. The predicted octanol–water partition coefficient (Wildman–Crippen LogP) is 3.20. The normalized spacial score (nSPS) is 22.7. The number of ether oxygens (including phenoxy) is 1. The van der Waals surface area contributed by atoms with Crippen LogP contribution in [0.25, 0.3) is 0 Å². The van der Waals surface area contributed by atoms with Gasteiger partial charge >= 0.3 is 18.1 Å². The van der Waals surface area contributed by atoms with E-state index in [0.717, 1.165) is 18.4 Å². The number of carbonyl (C=O) groups excluding carboxylic acids is 2. The molecule has 3 fully saturated rings. The maximum absolute atomic E-state index is 13.1. The van der Waals surface area contributed by atoms with E-state index in [0.29, 0.717) is 51.2 Å². The SMILES string of the molecule is CC(C)(C)OC(=O)N1CCN(c2nnc(C3CCC4CN3C(=O)N4OCc3ccccc3)o2)CC1. The Balaban J connectivity index is 1.18. The van der Waals surface area contributed by atoms with E-state index in [-0.39, 0.29) is 24.2 Å². The number of carbonyl (C=O) groups is 2. The molecule has 2 atom stereocenters. The molecule has 1 aromatic carbocycles. The summed E-state index contributed by atoms with van der Waals surface area (Å²) in [5.74, 6) is 0.436. The number of benzene rings is 1. The highest BCUT2D eigenvalue weighted by molar-refractivity contribution is 5.77. The lowest BCUT2D eigenvalue weighted by molar-refractivity contribution is -0.140. The number of anilines is 1. The van der Waals surface area contributed by atoms with Crippen LogP contribution in [0.4, 0.5) is 15.6 Å². The van der Waals surface area contributed by atoms with E-state index in [1.165, 1.54) is 5.06 Å². The van der Waals surface area contributed by atoms with E-state index in [1.54, 1.807) is 9.80 Å². The van der Waals surface area contributed by atoms with E-state index in [4.69, 9.17) is 14.0 Å². The zero-order chi connectivity index (χ0) is 24.6. The third-order valence-corrected chi connectivity index (χ3v) is 6.45. The van der Waals surface area contributed by atoms with Gasteiger partial charge in [0.05, 0.1) is 6.04 Å². The molecule has 3 amide bonds. The van der Waals surface area contributed by atoms with Crippen LogP contribution in [0.5, 0.6) is 0 Å². The number of hydroxylamine groups is 2. The van der Waals surface area contributed by atoms with Crippen molar-refractivity contribution < 1.29 is 23.6 Å². The van der Waals surface area contributed by atoms with Gasteiger partial charge in [-0.1, -0.05) is 35.4 Å².